The molecule has 3 rings (SSSR count). The molecular formula is C19H28N6. The summed E-state index contributed by atoms with van der Waals surface area (Å²) in [6, 6.07) is 6.36. The van der Waals surface area contributed by atoms with E-state index in [1.54, 1.807) is 6.20 Å². The molecule has 6 nitrogen and oxygen atoms in total. The molecule has 1 aliphatic rings. The molecular weight excluding hydrogens is 312 g/mol. The van der Waals surface area contributed by atoms with Crippen molar-refractivity contribution in [3.05, 3.63) is 35.5 Å². The Bertz CT molecular complexity index is 707. The molecule has 0 aliphatic carbocycles. The average molecular weight is 340 g/mol. The van der Waals surface area contributed by atoms with Crippen molar-refractivity contribution in [1.29, 1.82) is 0 Å². The van der Waals surface area contributed by atoms with Crippen molar-refractivity contribution in [2.45, 2.75) is 33.6 Å². The van der Waals surface area contributed by atoms with Crippen LogP contribution in [0.3, 0.4) is 0 Å². The number of rotatable bonds is 5. The first kappa shape index (κ1) is 17.6. The van der Waals surface area contributed by atoms with Crippen LogP contribution in [-0.2, 0) is 0 Å². The highest BCUT2D eigenvalue weighted by molar-refractivity contribution is 5.64. The maximum absolute atomic E-state index is 4.71. The number of benzene rings is 1. The largest absolute Gasteiger partial charge is 0.353 e. The van der Waals surface area contributed by atoms with E-state index in [1.165, 1.54) is 11.1 Å². The molecule has 0 saturated carbocycles. The summed E-state index contributed by atoms with van der Waals surface area (Å²) in [5.41, 5.74) is 3.55. The van der Waals surface area contributed by atoms with Crippen molar-refractivity contribution in [3.8, 4) is 0 Å². The number of aryl methyl sites for hydroxylation is 1. The lowest BCUT2D eigenvalue weighted by Crippen LogP contribution is -2.46. The fourth-order valence-electron chi connectivity index (χ4n) is 3.25. The van der Waals surface area contributed by atoms with Crippen molar-refractivity contribution in [3.63, 3.8) is 0 Å². The standard InChI is InChI=1S/C19H28N6/c1-5-24-9-11-25(12-10-24)17-13-20-23-19(21-17)22-18-15(4)7-6-8-16(18)14(2)3/h6-8,13-14H,5,9-12H2,1-4H3,(H,21,22,23). The van der Waals surface area contributed by atoms with Crippen molar-refractivity contribution in [2.24, 2.45) is 0 Å². The quantitative estimate of drug-likeness (QED) is 0.902. The molecule has 2 aromatic rings. The second-order valence-electron chi connectivity index (χ2n) is 6.88. The number of anilines is 3. The zero-order valence-electron chi connectivity index (χ0n) is 15.7. The van der Waals surface area contributed by atoms with Gasteiger partial charge in [0, 0.05) is 31.9 Å². The van der Waals surface area contributed by atoms with Crippen LogP contribution in [0.4, 0.5) is 17.5 Å². The molecule has 1 aliphatic heterocycles. The van der Waals surface area contributed by atoms with Gasteiger partial charge < -0.3 is 15.1 Å². The van der Waals surface area contributed by atoms with Crippen LogP contribution in [-0.4, -0.2) is 52.8 Å². The molecule has 1 aromatic carbocycles. The Labute approximate surface area is 150 Å². The van der Waals surface area contributed by atoms with Crippen molar-refractivity contribution >= 4 is 17.5 Å². The first-order chi connectivity index (χ1) is 12.1. The summed E-state index contributed by atoms with van der Waals surface area (Å²) in [5.74, 6) is 1.89. The minimum atomic E-state index is 0.431. The van der Waals surface area contributed by atoms with Gasteiger partial charge in [0.2, 0.25) is 5.95 Å². The molecule has 1 fully saturated rings. The summed E-state index contributed by atoms with van der Waals surface area (Å²) in [5, 5.41) is 11.8. The van der Waals surface area contributed by atoms with E-state index < -0.39 is 0 Å². The normalized spacial score (nSPS) is 15.6. The topological polar surface area (TPSA) is 57.2 Å². The zero-order chi connectivity index (χ0) is 17.8. The summed E-state index contributed by atoms with van der Waals surface area (Å²) < 4.78 is 0. The van der Waals surface area contributed by atoms with Gasteiger partial charge in [-0.1, -0.05) is 39.0 Å². The number of para-hydroxylation sites is 1. The van der Waals surface area contributed by atoms with Crippen LogP contribution >= 0.6 is 0 Å². The fourth-order valence-corrected chi connectivity index (χ4v) is 3.25. The van der Waals surface area contributed by atoms with E-state index in [2.05, 4.69) is 71.2 Å². The molecule has 6 heteroatoms. The van der Waals surface area contributed by atoms with Crippen LogP contribution in [0, 0.1) is 6.92 Å². The van der Waals surface area contributed by atoms with Gasteiger partial charge in [-0.15, -0.1) is 5.10 Å². The molecule has 0 spiro atoms. The van der Waals surface area contributed by atoms with Gasteiger partial charge in [0.25, 0.3) is 0 Å². The minimum Gasteiger partial charge on any atom is -0.353 e. The first-order valence-corrected chi connectivity index (χ1v) is 9.12. The molecule has 1 saturated heterocycles. The molecule has 0 radical (unpaired) electrons. The van der Waals surface area contributed by atoms with Gasteiger partial charge in [0.15, 0.2) is 5.82 Å². The number of piperazine rings is 1. The lowest BCUT2D eigenvalue weighted by Gasteiger charge is -2.34. The van der Waals surface area contributed by atoms with E-state index in [0.717, 1.165) is 44.2 Å². The van der Waals surface area contributed by atoms with Crippen molar-refractivity contribution < 1.29 is 0 Å². The van der Waals surface area contributed by atoms with Crippen LogP contribution < -0.4 is 10.2 Å². The highest BCUT2D eigenvalue weighted by Gasteiger charge is 2.18. The molecule has 0 bridgehead atoms. The molecule has 0 amide bonds. The van der Waals surface area contributed by atoms with Gasteiger partial charge in [-0.2, -0.15) is 10.1 Å². The Morgan fingerprint density at radius 1 is 1.16 bits per heavy atom. The number of likely N-dealkylation sites (N-methyl/N-ethyl adjacent to an activating group) is 1. The van der Waals surface area contributed by atoms with Gasteiger partial charge in [0.1, 0.15) is 0 Å². The highest BCUT2D eigenvalue weighted by atomic mass is 15.3. The van der Waals surface area contributed by atoms with Gasteiger partial charge >= 0.3 is 0 Å². The van der Waals surface area contributed by atoms with Gasteiger partial charge in [-0.25, -0.2) is 0 Å². The molecule has 1 N–H and O–H groups in total. The number of hydrogen-bond donors (Lipinski definition) is 1. The average Bonchev–Trinajstić information content (AvgIpc) is 2.63. The van der Waals surface area contributed by atoms with E-state index in [1.807, 2.05) is 0 Å². The third-order valence-corrected chi connectivity index (χ3v) is 4.85. The van der Waals surface area contributed by atoms with E-state index in [4.69, 9.17) is 4.98 Å². The molecule has 2 heterocycles. The fraction of sp³-hybridized carbons (Fsp3) is 0.526. The predicted octanol–water partition coefficient (Wildman–Crippen LogP) is 3.19. The number of nitrogens with zero attached hydrogens (tertiary/aromatic N) is 5. The van der Waals surface area contributed by atoms with Crippen molar-refractivity contribution in [1.82, 2.24) is 20.1 Å². The molecule has 0 atom stereocenters. The van der Waals surface area contributed by atoms with Gasteiger partial charge in [0.05, 0.1) is 6.20 Å². The summed E-state index contributed by atoms with van der Waals surface area (Å²) in [4.78, 5) is 9.44. The first-order valence-electron chi connectivity index (χ1n) is 9.12. The lowest BCUT2D eigenvalue weighted by molar-refractivity contribution is 0.270. The van der Waals surface area contributed by atoms with Crippen LogP contribution in [0.2, 0.25) is 0 Å². The van der Waals surface area contributed by atoms with Gasteiger partial charge in [-0.05, 0) is 30.5 Å². The Balaban J connectivity index is 1.79. The zero-order valence-corrected chi connectivity index (χ0v) is 15.7. The third kappa shape index (κ3) is 4.07. The molecule has 1 aromatic heterocycles. The SMILES string of the molecule is CCN1CCN(c2cnnc(Nc3c(C)cccc3C(C)C)n2)CC1. The molecule has 25 heavy (non-hydrogen) atoms. The Morgan fingerprint density at radius 3 is 2.60 bits per heavy atom. The highest BCUT2D eigenvalue weighted by Crippen LogP contribution is 2.29. The van der Waals surface area contributed by atoms with Crippen LogP contribution in [0.15, 0.2) is 24.4 Å². The smallest absolute Gasteiger partial charge is 0.249 e. The monoisotopic (exact) mass is 340 g/mol. The Morgan fingerprint density at radius 2 is 1.92 bits per heavy atom. The summed E-state index contributed by atoms with van der Waals surface area (Å²) in [6.07, 6.45) is 1.76. The maximum atomic E-state index is 4.71. The third-order valence-electron chi connectivity index (χ3n) is 4.85. The molecule has 0 unspecified atom stereocenters. The maximum Gasteiger partial charge on any atom is 0.249 e. The van der Waals surface area contributed by atoms with Crippen molar-refractivity contribution in [2.75, 3.05) is 42.9 Å². The summed E-state index contributed by atoms with van der Waals surface area (Å²) >= 11 is 0. The van der Waals surface area contributed by atoms with Gasteiger partial charge in [-0.3, -0.25) is 0 Å². The Hall–Kier alpha value is -2.21. The molecule has 134 valence electrons. The second-order valence-corrected chi connectivity index (χ2v) is 6.88. The van der Waals surface area contributed by atoms with Crippen LogP contribution in [0.25, 0.3) is 0 Å². The van der Waals surface area contributed by atoms with Crippen LogP contribution in [0.1, 0.15) is 37.8 Å². The minimum absolute atomic E-state index is 0.431. The number of nitrogens with one attached hydrogen (secondary N) is 1. The number of aromatic nitrogens is 3. The predicted molar refractivity (Wildman–Crippen MR) is 103 cm³/mol. The van der Waals surface area contributed by atoms with E-state index in [0.29, 0.717) is 11.9 Å². The lowest BCUT2D eigenvalue weighted by atomic mass is 9.98. The number of hydrogen-bond acceptors (Lipinski definition) is 6. The Kier molecular flexibility index (Phi) is 5.48. The van der Waals surface area contributed by atoms with E-state index >= 15 is 0 Å². The summed E-state index contributed by atoms with van der Waals surface area (Å²) in [7, 11) is 0. The van der Waals surface area contributed by atoms with E-state index in [-0.39, 0.29) is 0 Å². The van der Waals surface area contributed by atoms with Crippen LogP contribution in [0.5, 0.6) is 0 Å². The summed E-state index contributed by atoms with van der Waals surface area (Å²) in [6.45, 7) is 13.9. The van der Waals surface area contributed by atoms with E-state index in [9.17, 15) is 0 Å². The second kappa shape index (κ2) is 7.78.